The molecule has 1 saturated carbocycles. The van der Waals surface area contributed by atoms with E-state index in [-0.39, 0.29) is 29.6 Å². The summed E-state index contributed by atoms with van der Waals surface area (Å²) in [5.41, 5.74) is -0.379. The predicted molar refractivity (Wildman–Crippen MR) is 103 cm³/mol. The molecule has 7 heteroatoms. The van der Waals surface area contributed by atoms with Gasteiger partial charge in [0.1, 0.15) is 0 Å². The molecule has 0 atom stereocenters. The number of carbonyl (C=O) groups is 2. The summed E-state index contributed by atoms with van der Waals surface area (Å²) < 4.78 is 5.40. The van der Waals surface area contributed by atoms with E-state index < -0.39 is 0 Å². The highest BCUT2D eigenvalue weighted by atomic mass is 35.5. The second-order valence-electron chi connectivity index (χ2n) is 7.92. The number of piperazine rings is 1. The summed E-state index contributed by atoms with van der Waals surface area (Å²) in [6.45, 7) is 4.93. The molecule has 0 aromatic carbocycles. The average molecular weight is 388 g/mol. The molecule has 150 valence electrons. The molecule has 0 aromatic heterocycles. The van der Waals surface area contributed by atoms with Crippen molar-refractivity contribution < 1.29 is 14.3 Å². The zero-order valence-corrected chi connectivity index (χ0v) is 16.8. The zero-order valence-electron chi connectivity index (χ0n) is 16.0. The summed E-state index contributed by atoms with van der Waals surface area (Å²) in [4.78, 5) is 29.8. The van der Waals surface area contributed by atoms with Gasteiger partial charge in [-0.3, -0.25) is 9.59 Å². The van der Waals surface area contributed by atoms with Crippen molar-refractivity contribution in [1.29, 1.82) is 0 Å². The number of hydrogen-bond donors (Lipinski definition) is 1. The first-order chi connectivity index (χ1) is 12.2. The third kappa shape index (κ3) is 4.70. The molecule has 26 heavy (non-hydrogen) atoms. The summed E-state index contributed by atoms with van der Waals surface area (Å²) in [6.07, 6.45) is 7.39. The fourth-order valence-corrected chi connectivity index (χ4v) is 4.67. The maximum Gasteiger partial charge on any atom is 0.231 e. The first-order valence-corrected chi connectivity index (χ1v) is 9.94. The number of ether oxygens (including phenoxy) is 1. The number of piperidine rings is 1. The van der Waals surface area contributed by atoms with E-state index in [9.17, 15) is 9.59 Å². The number of nitrogens with zero attached hydrogens (tertiary/aromatic N) is 2. The molecule has 0 radical (unpaired) electrons. The molecule has 1 aliphatic carbocycles. The van der Waals surface area contributed by atoms with Crippen molar-refractivity contribution in [3.05, 3.63) is 0 Å². The van der Waals surface area contributed by atoms with Gasteiger partial charge in [0, 0.05) is 39.2 Å². The Bertz CT molecular complexity index is 463. The molecule has 3 fully saturated rings. The molecule has 2 amide bonds. The molecular weight excluding hydrogens is 354 g/mol. The number of halogens is 1. The number of hydrogen-bond acceptors (Lipinski definition) is 4. The van der Waals surface area contributed by atoms with Gasteiger partial charge in [-0.1, -0.05) is 19.3 Å². The van der Waals surface area contributed by atoms with Crippen LogP contribution < -0.4 is 5.32 Å². The molecule has 6 nitrogen and oxygen atoms in total. The van der Waals surface area contributed by atoms with Crippen molar-refractivity contribution in [2.45, 2.75) is 44.9 Å². The van der Waals surface area contributed by atoms with Crippen LogP contribution in [0, 0.1) is 11.3 Å². The number of rotatable bonds is 4. The fraction of sp³-hybridized carbons (Fsp3) is 0.895. The molecule has 0 unspecified atom stereocenters. The summed E-state index contributed by atoms with van der Waals surface area (Å²) in [5, 5.41) is 3.33. The molecule has 2 aliphatic heterocycles. The minimum Gasteiger partial charge on any atom is -0.384 e. The lowest BCUT2D eigenvalue weighted by Crippen LogP contribution is -2.57. The van der Waals surface area contributed by atoms with Gasteiger partial charge in [0.2, 0.25) is 11.8 Å². The van der Waals surface area contributed by atoms with Crippen molar-refractivity contribution in [2.75, 3.05) is 53.0 Å². The van der Waals surface area contributed by atoms with Crippen molar-refractivity contribution in [1.82, 2.24) is 15.1 Å². The van der Waals surface area contributed by atoms with Gasteiger partial charge in [-0.05, 0) is 38.8 Å². The van der Waals surface area contributed by atoms with Crippen LogP contribution in [0.1, 0.15) is 44.9 Å². The van der Waals surface area contributed by atoms with Crippen molar-refractivity contribution in [2.24, 2.45) is 11.3 Å². The molecule has 2 saturated heterocycles. The standard InChI is InChI=1S/C19H33N3O3.ClH/c1-25-15-19(7-9-20-10-8-19)18(24)22-13-11-21(12-14-22)17(23)16-5-3-2-4-6-16;/h16,20H,2-15H2,1H3;1H. The lowest BCUT2D eigenvalue weighted by Gasteiger charge is -2.43. The van der Waals surface area contributed by atoms with Crippen LogP contribution in [0.15, 0.2) is 0 Å². The Morgan fingerprint density at radius 1 is 1.00 bits per heavy atom. The van der Waals surface area contributed by atoms with Crippen molar-refractivity contribution in [3.8, 4) is 0 Å². The van der Waals surface area contributed by atoms with Crippen LogP contribution in [0.25, 0.3) is 0 Å². The van der Waals surface area contributed by atoms with Gasteiger partial charge in [-0.15, -0.1) is 12.4 Å². The Hall–Kier alpha value is -0.850. The quantitative estimate of drug-likeness (QED) is 0.797. The second-order valence-corrected chi connectivity index (χ2v) is 7.92. The first kappa shape index (κ1) is 21.5. The van der Waals surface area contributed by atoms with Gasteiger partial charge in [0.25, 0.3) is 0 Å². The van der Waals surface area contributed by atoms with Crippen molar-refractivity contribution >= 4 is 24.2 Å². The number of methoxy groups -OCH3 is 1. The fourth-order valence-electron chi connectivity index (χ4n) is 4.67. The molecule has 3 rings (SSSR count). The van der Waals surface area contributed by atoms with E-state index in [1.165, 1.54) is 19.3 Å². The van der Waals surface area contributed by atoms with E-state index in [1.807, 2.05) is 9.80 Å². The van der Waals surface area contributed by atoms with Crippen LogP contribution in [0.4, 0.5) is 0 Å². The number of nitrogens with one attached hydrogen (secondary N) is 1. The van der Waals surface area contributed by atoms with Gasteiger partial charge >= 0.3 is 0 Å². The minimum atomic E-state index is -0.379. The van der Waals surface area contributed by atoms with Gasteiger partial charge in [-0.25, -0.2) is 0 Å². The Morgan fingerprint density at radius 2 is 1.58 bits per heavy atom. The van der Waals surface area contributed by atoms with Crippen LogP contribution in [0.2, 0.25) is 0 Å². The van der Waals surface area contributed by atoms with E-state index in [1.54, 1.807) is 7.11 Å². The van der Waals surface area contributed by atoms with Crippen LogP contribution in [-0.2, 0) is 14.3 Å². The Morgan fingerprint density at radius 3 is 2.15 bits per heavy atom. The monoisotopic (exact) mass is 387 g/mol. The van der Waals surface area contributed by atoms with E-state index >= 15 is 0 Å². The van der Waals surface area contributed by atoms with Gasteiger partial charge < -0.3 is 19.9 Å². The Balaban J connectivity index is 0.00000243. The Kier molecular flexibility index (Phi) is 8.17. The topological polar surface area (TPSA) is 61.9 Å². The molecule has 1 N–H and O–H groups in total. The van der Waals surface area contributed by atoms with E-state index in [2.05, 4.69) is 5.32 Å². The Labute approximate surface area is 163 Å². The molecule has 0 spiro atoms. The maximum atomic E-state index is 13.2. The predicted octanol–water partition coefficient (Wildman–Crippen LogP) is 1.68. The van der Waals surface area contributed by atoms with Crippen LogP contribution in [0.3, 0.4) is 0 Å². The average Bonchev–Trinajstić information content (AvgIpc) is 2.68. The highest BCUT2D eigenvalue weighted by Crippen LogP contribution is 2.32. The normalized spacial score (nSPS) is 24.0. The van der Waals surface area contributed by atoms with E-state index in [4.69, 9.17) is 4.74 Å². The highest BCUT2D eigenvalue weighted by molar-refractivity contribution is 5.85. The molecule has 3 aliphatic rings. The summed E-state index contributed by atoms with van der Waals surface area (Å²) in [7, 11) is 1.68. The van der Waals surface area contributed by atoms with Gasteiger partial charge in [0.05, 0.1) is 12.0 Å². The molecule has 0 bridgehead atoms. The van der Waals surface area contributed by atoms with Gasteiger partial charge in [-0.2, -0.15) is 0 Å². The summed E-state index contributed by atoms with van der Waals surface area (Å²) >= 11 is 0. The SMILES string of the molecule is COCC1(C(=O)N2CCN(C(=O)C3CCCCC3)CC2)CCNCC1.Cl. The van der Waals surface area contributed by atoms with Crippen molar-refractivity contribution in [3.63, 3.8) is 0 Å². The van der Waals surface area contributed by atoms with Gasteiger partial charge in [0.15, 0.2) is 0 Å². The number of amides is 2. The van der Waals surface area contributed by atoms with Crippen LogP contribution in [0.5, 0.6) is 0 Å². The lowest BCUT2D eigenvalue weighted by atomic mass is 9.78. The zero-order chi connectivity index (χ0) is 17.7. The first-order valence-electron chi connectivity index (χ1n) is 9.94. The van der Waals surface area contributed by atoms with Crippen LogP contribution in [-0.4, -0.2) is 74.6 Å². The smallest absolute Gasteiger partial charge is 0.231 e. The second kappa shape index (κ2) is 9.90. The van der Waals surface area contributed by atoms with E-state index in [0.717, 1.165) is 38.8 Å². The molecule has 2 heterocycles. The number of carbonyl (C=O) groups excluding carboxylic acids is 2. The lowest BCUT2D eigenvalue weighted by molar-refractivity contribution is -0.152. The maximum absolute atomic E-state index is 13.2. The van der Waals surface area contributed by atoms with E-state index in [0.29, 0.717) is 38.7 Å². The van der Waals surface area contributed by atoms with Crippen LogP contribution >= 0.6 is 12.4 Å². The molecular formula is C19H34ClN3O3. The summed E-state index contributed by atoms with van der Waals surface area (Å²) in [6, 6.07) is 0. The highest BCUT2D eigenvalue weighted by Gasteiger charge is 2.43. The third-order valence-corrected chi connectivity index (χ3v) is 6.27. The summed E-state index contributed by atoms with van der Waals surface area (Å²) in [5.74, 6) is 0.765. The largest absolute Gasteiger partial charge is 0.384 e. The molecule has 0 aromatic rings. The third-order valence-electron chi connectivity index (χ3n) is 6.27. The minimum absolute atomic E-state index is 0.